The summed E-state index contributed by atoms with van der Waals surface area (Å²) in [7, 11) is 0. The minimum Gasteiger partial charge on any atom is -0.322 e. The average molecular weight is 476 g/mol. The third-order valence-electron chi connectivity index (χ3n) is 5.82. The van der Waals surface area contributed by atoms with Crippen molar-refractivity contribution in [2.45, 2.75) is 44.3 Å². The number of ketones is 1. The summed E-state index contributed by atoms with van der Waals surface area (Å²) in [5.41, 5.74) is 9.09. The molecule has 9 heteroatoms. The van der Waals surface area contributed by atoms with Crippen LogP contribution in [0.15, 0.2) is 42.5 Å². The van der Waals surface area contributed by atoms with Crippen LogP contribution in [0.25, 0.3) is 0 Å². The molecule has 7 nitrogen and oxygen atoms in total. The third kappa shape index (κ3) is 4.85. The van der Waals surface area contributed by atoms with Crippen LogP contribution in [0.5, 0.6) is 0 Å². The molecule has 2 aromatic rings. The standard InChI is InChI=1S/C23H22ClN3O4.ClH/c24-16-5-3-14(4-6-16)21(25)19(28)9-2-13-1-7-17-15(11-13)12-27(23(17)31)18-8-10-20(29)26-22(18)30;/h1,3-7,11,18,21H,2,8-10,12,25H2,(H,26,29,30);1H. The lowest BCUT2D eigenvalue weighted by Crippen LogP contribution is -2.52. The van der Waals surface area contributed by atoms with Gasteiger partial charge in [-0.3, -0.25) is 24.5 Å². The molecule has 3 amide bonds. The number of aryl methyl sites for hydroxylation is 1. The number of carbonyl (C=O) groups is 4. The minimum absolute atomic E-state index is 0. The van der Waals surface area contributed by atoms with Gasteiger partial charge < -0.3 is 10.6 Å². The van der Waals surface area contributed by atoms with Crippen molar-refractivity contribution >= 4 is 47.5 Å². The second kappa shape index (κ2) is 9.81. The zero-order valence-corrected chi connectivity index (χ0v) is 18.7. The number of imide groups is 1. The summed E-state index contributed by atoms with van der Waals surface area (Å²) in [6.45, 7) is 0.312. The van der Waals surface area contributed by atoms with E-state index in [1.807, 2.05) is 12.1 Å². The Bertz CT molecular complexity index is 1070. The average Bonchev–Trinajstić information content (AvgIpc) is 3.07. The number of nitrogens with zero attached hydrogens (tertiary/aromatic N) is 1. The van der Waals surface area contributed by atoms with Crippen molar-refractivity contribution in [3.05, 3.63) is 69.7 Å². The van der Waals surface area contributed by atoms with Crippen LogP contribution in [-0.4, -0.2) is 34.4 Å². The van der Waals surface area contributed by atoms with Gasteiger partial charge in [0.1, 0.15) is 6.04 Å². The van der Waals surface area contributed by atoms with Crippen molar-refractivity contribution < 1.29 is 19.2 Å². The van der Waals surface area contributed by atoms with Crippen molar-refractivity contribution in [2.75, 3.05) is 0 Å². The van der Waals surface area contributed by atoms with E-state index in [1.54, 1.807) is 30.3 Å². The molecule has 2 heterocycles. The molecule has 0 spiro atoms. The Morgan fingerprint density at radius 3 is 2.56 bits per heavy atom. The van der Waals surface area contributed by atoms with Crippen molar-refractivity contribution in [3.8, 4) is 0 Å². The van der Waals surface area contributed by atoms with Gasteiger partial charge in [0.15, 0.2) is 5.78 Å². The molecule has 3 N–H and O–H groups in total. The smallest absolute Gasteiger partial charge is 0.255 e. The highest BCUT2D eigenvalue weighted by Gasteiger charge is 2.39. The van der Waals surface area contributed by atoms with Crippen molar-refractivity contribution in [2.24, 2.45) is 5.73 Å². The maximum absolute atomic E-state index is 12.8. The number of fused-ring (bicyclic) bond motifs is 1. The van der Waals surface area contributed by atoms with E-state index in [1.165, 1.54) is 4.90 Å². The highest BCUT2D eigenvalue weighted by Crippen LogP contribution is 2.28. The van der Waals surface area contributed by atoms with Gasteiger partial charge in [-0.1, -0.05) is 35.9 Å². The molecule has 32 heavy (non-hydrogen) atoms. The Morgan fingerprint density at radius 1 is 1.16 bits per heavy atom. The highest BCUT2D eigenvalue weighted by atomic mass is 35.5. The third-order valence-corrected chi connectivity index (χ3v) is 6.08. The predicted molar refractivity (Wildman–Crippen MR) is 121 cm³/mol. The Balaban J connectivity index is 0.00000289. The molecular formula is C23H23Cl2N3O4. The fourth-order valence-corrected chi connectivity index (χ4v) is 4.19. The van der Waals surface area contributed by atoms with E-state index >= 15 is 0 Å². The summed E-state index contributed by atoms with van der Waals surface area (Å²) < 4.78 is 0. The Morgan fingerprint density at radius 2 is 1.88 bits per heavy atom. The summed E-state index contributed by atoms with van der Waals surface area (Å²) >= 11 is 5.88. The minimum atomic E-state index is -0.712. The maximum atomic E-state index is 12.8. The van der Waals surface area contributed by atoms with E-state index in [4.69, 9.17) is 17.3 Å². The van der Waals surface area contributed by atoms with Crippen LogP contribution in [0.2, 0.25) is 5.02 Å². The zero-order chi connectivity index (χ0) is 22.1. The number of amides is 3. The monoisotopic (exact) mass is 475 g/mol. The van der Waals surface area contributed by atoms with Gasteiger partial charge in [-0.2, -0.15) is 0 Å². The van der Waals surface area contributed by atoms with Crippen molar-refractivity contribution in [1.29, 1.82) is 0 Å². The predicted octanol–water partition coefficient (Wildman–Crippen LogP) is 2.72. The second-order valence-corrected chi connectivity index (χ2v) is 8.32. The topological polar surface area (TPSA) is 110 Å². The molecule has 0 saturated carbocycles. The number of hydrogen-bond acceptors (Lipinski definition) is 5. The van der Waals surface area contributed by atoms with Crippen LogP contribution < -0.4 is 11.1 Å². The van der Waals surface area contributed by atoms with E-state index in [0.717, 1.165) is 11.1 Å². The van der Waals surface area contributed by atoms with Gasteiger partial charge in [0.2, 0.25) is 11.8 Å². The van der Waals surface area contributed by atoms with E-state index in [-0.39, 0.29) is 42.8 Å². The normalized spacial score (nSPS) is 18.6. The van der Waals surface area contributed by atoms with Crippen LogP contribution in [0.4, 0.5) is 0 Å². The molecule has 1 saturated heterocycles. The largest absolute Gasteiger partial charge is 0.322 e. The van der Waals surface area contributed by atoms with Gasteiger partial charge >= 0.3 is 0 Å². The number of carbonyl (C=O) groups excluding carboxylic acids is 4. The molecule has 1 fully saturated rings. The molecule has 2 aliphatic rings. The van der Waals surface area contributed by atoms with E-state index in [0.29, 0.717) is 35.5 Å². The first kappa shape index (κ1) is 23.9. The number of rotatable bonds is 6. The first-order valence-corrected chi connectivity index (χ1v) is 10.5. The molecule has 2 aromatic carbocycles. The highest BCUT2D eigenvalue weighted by molar-refractivity contribution is 6.30. The fraction of sp³-hybridized carbons (Fsp3) is 0.304. The molecular weight excluding hydrogens is 453 g/mol. The molecule has 0 bridgehead atoms. The molecule has 2 unspecified atom stereocenters. The number of piperidine rings is 1. The summed E-state index contributed by atoms with van der Waals surface area (Å²) in [4.78, 5) is 50.3. The first-order chi connectivity index (χ1) is 14.8. The Hall–Kier alpha value is -2.74. The molecule has 2 aliphatic heterocycles. The summed E-state index contributed by atoms with van der Waals surface area (Å²) in [6.07, 6.45) is 1.32. The van der Waals surface area contributed by atoms with Crippen molar-refractivity contribution in [3.63, 3.8) is 0 Å². The van der Waals surface area contributed by atoms with E-state index in [9.17, 15) is 19.2 Å². The van der Waals surface area contributed by atoms with Crippen LogP contribution in [0.1, 0.15) is 52.4 Å². The van der Waals surface area contributed by atoms with Gasteiger partial charge in [-0.05, 0) is 47.7 Å². The van der Waals surface area contributed by atoms with E-state index < -0.39 is 18.0 Å². The molecule has 4 rings (SSSR count). The first-order valence-electron chi connectivity index (χ1n) is 10.1. The molecule has 0 radical (unpaired) electrons. The number of halogens is 2. The zero-order valence-electron chi connectivity index (χ0n) is 17.2. The summed E-state index contributed by atoms with van der Waals surface area (Å²) in [5, 5.41) is 2.88. The van der Waals surface area contributed by atoms with Crippen LogP contribution >= 0.6 is 24.0 Å². The second-order valence-electron chi connectivity index (χ2n) is 7.89. The maximum Gasteiger partial charge on any atom is 0.255 e. The van der Waals surface area contributed by atoms with Gasteiger partial charge in [0.05, 0.1) is 6.04 Å². The Kier molecular flexibility index (Phi) is 7.33. The molecule has 2 atom stereocenters. The molecule has 168 valence electrons. The van der Waals surface area contributed by atoms with Crippen molar-refractivity contribution in [1.82, 2.24) is 10.2 Å². The number of nitrogens with one attached hydrogen (secondary N) is 1. The lowest BCUT2D eigenvalue weighted by molar-refractivity contribution is -0.137. The number of benzene rings is 2. The molecule has 0 aliphatic carbocycles. The summed E-state index contributed by atoms with van der Waals surface area (Å²) in [6, 6.07) is 11.0. The van der Waals surface area contributed by atoms with Crippen LogP contribution in [0.3, 0.4) is 0 Å². The Labute approximate surface area is 196 Å². The lowest BCUT2D eigenvalue weighted by atomic mass is 9.97. The van der Waals surface area contributed by atoms with Crippen LogP contribution in [0, 0.1) is 0 Å². The molecule has 0 aromatic heterocycles. The number of hydrogen-bond donors (Lipinski definition) is 2. The van der Waals surface area contributed by atoms with Gasteiger partial charge in [-0.25, -0.2) is 0 Å². The lowest BCUT2D eigenvalue weighted by Gasteiger charge is -2.29. The van der Waals surface area contributed by atoms with Gasteiger partial charge in [0, 0.05) is 30.0 Å². The summed E-state index contributed by atoms with van der Waals surface area (Å²) in [5.74, 6) is -1.03. The number of nitrogens with two attached hydrogens (primary N) is 1. The van der Waals surface area contributed by atoms with Gasteiger partial charge in [-0.15, -0.1) is 12.4 Å². The number of Topliss-reactive ketones (excluding diaryl/α,β-unsaturated/α-hetero) is 1. The van der Waals surface area contributed by atoms with E-state index in [2.05, 4.69) is 5.32 Å². The fourth-order valence-electron chi connectivity index (χ4n) is 4.06. The SMILES string of the molecule is Cl.NC(C(=O)CCc1ccc2c(c1)CN(C1CCC(=O)NC1=O)C2=O)c1ccc(Cl)cc1. The van der Waals surface area contributed by atoms with Gasteiger partial charge in [0.25, 0.3) is 5.91 Å². The van der Waals surface area contributed by atoms with Crippen LogP contribution in [-0.2, 0) is 27.3 Å². The quantitative estimate of drug-likeness (QED) is 0.624.